The Hall–Kier alpha value is -2.46. The molecule has 0 saturated carbocycles. The lowest BCUT2D eigenvalue weighted by Gasteiger charge is -2.13. The summed E-state index contributed by atoms with van der Waals surface area (Å²) >= 11 is 0. The Balaban J connectivity index is 1.74. The van der Waals surface area contributed by atoms with Crippen LogP contribution < -0.4 is 11.1 Å². The van der Waals surface area contributed by atoms with Crippen LogP contribution in [0, 0.1) is 0 Å². The molecule has 1 aliphatic rings. The Labute approximate surface area is 123 Å². The number of amides is 1. The van der Waals surface area contributed by atoms with Gasteiger partial charge in [0.25, 0.3) is 0 Å². The van der Waals surface area contributed by atoms with E-state index in [4.69, 9.17) is 5.73 Å². The largest absolute Gasteiger partial charge is 0.324 e. The molecule has 0 fully saturated rings. The summed E-state index contributed by atoms with van der Waals surface area (Å²) in [6, 6.07) is 14.1. The normalized spacial score (nSPS) is 14.6. The molecule has 1 atom stereocenters. The second-order valence-corrected chi connectivity index (χ2v) is 5.25. The monoisotopic (exact) mass is 280 g/mol. The first-order valence-corrected chi connectivity index (χ1v) is 6.88. The van der Waals surface area contributed by atoms with E-state index in [1.165, 1.54) is 0 Å². The predicted octanol–water partition coefficient (Wildman–Crippen LogP) is 1.99. The fourth-order valence-corrected chi connectivity index (χ4v) is 2.56. The minimum absolute atomic E-state index is 0.217. The van der Waals surface area contributed by atoms with Crippen molar-refractivity contribution in [2.75, 3.05) is 5.32 Å². The number of Topliss-reactive ketones (excluding diaryl/α,β-unsaturated/α-hetero) is 1. The zero-order valence-electron chi connectivity index (χ0n) is 11.5. The van der Waals surface area contributed by atoms with E-state index in [1.807, 2.05) is 48.5 Å². The van der Waals surface area contributed by atoms with Gasteiger partial charge in [0, 0.05) is 18.5 Å². The molecule has 0 radical (unpaired) electrons. The Bertz CT molecular complexity index is 695. The van der Waals surface area contributed by atoms with Crippen LogP contribution in [0.25, 0.3) is 0 Å². The molecule has 1 amide bonds. The van der Waals surface area contributed by atoms with E-state index >= 15 is 0 Å². The number of carbonyl (C=O) groups is 2. The van der Waals surface area contributed by atoms with Crippen molar-refractivity contribution in [1.82, 2.24) is 0 Å². The maximum atomic E-state index is 12.2. The van der Waals surface area contributed by atoms with Crippen LogP contribution in [0.15, 0.2) is 48.5 Å². The molecule has 4 nitrogen and oxygen atoms in total. The fraction of sp³-hybridized carbons (Fsp3) is 0.176. The van der Waals surface area contributed by atoms with E-state index in [2.05, 4.69) is 5.32 Å². The standard InChI is InChI=1S/C17H16N2O2/c18-16(11-4-2-1-3-5-11)17(21)19-14-7-6-12-9-15(20)10-13(12)8-14/h1-8,16H,9-10,18H2,(H,19,21)/t16-/m1/s1. The third-order valence-electron chi connectivity index (χ3n) is 3.69. The van der Waals surface area contributed by atoms with E-state index in [0.717, 1.165) is 16.7 Å². The molecule has 0 spiro atoms. The van der Waals surface area contributed by atoms with Crippen molar-refractivity contribution < 1.29 is 9.59 Å². The molecular formula is C17H16N2O2. The molecule has 0 unspecified atom stereocenters. The van der Waals surface area contributed by atoms with Gasteiger partial charge in [-0.3, -0.25) is 9.59 Å². The lowest BCUT2D eigenvalue weighted by molar-refractivity contribution is -0.118. The van der Waals surface area contributed by atoms with Gasteiger partial charge in [0.2, 0.25) is 5.91 Å². The molecular weight excluding hydrogens is 264 g/mol. The van der Waals surface area contributed by atoms with E-state index in [1.54, 1.807) is 0 Å². The molecule has 106 valence electrons. The van der Waals surface area contributed by atoms with Crippen molar-refractivity contribution in [1.29, 1.82) is 0 Å². The summed E-state index contributed by atoms with van der Waals surface area (Å²) in [4.78, 5) is 23.6. The fourth-order valence-electron chi connectivity index (χ4n) is 2.56. The number of fused-ring (bicyclic) bond motifs is 1. The molecule has 0 bridgehead atoms. The molecule has 21 heavy (non-hydrogen) atoms. The van der Waals surface area contributed by atoms with Gasteiger partial charge in [-0.05, 0) is 28.8 Å². The van der Waals surface area contributed by atoms with Gasteiger partial charge in [-0.2, -0.15) is 0 Å². The first-order valence-electron chi connectivity index (χ1n) is 6.88. The maximum absolute atomic E-state index is 12.2. The quantitative estimate of drug-likeness (QED) is 0.903. The van der Waals surface area contributed by atoms with Gasteiger partial charge in [-0.15, -0.1) is 0 Å². The zero-order chi connectivity index (χ0) is 14.8. The first-order chi connectivity index (χ1) is 10.1. The third-order valence-corrected chi connectivity index (χ3v) is 3.69. The number of ketones is 1. The van der Waals surface area contributed by atoms with E-state index in [-0.39, 0.29) is 11.7 Å². The SMILES string of the molecule is N[C@@H](C(=O)Nc1ccc2c(c1)CC(=O)C2)c1ccccc1. The number of nitrogens with one attached hydrogen (secondary N) is 1. The molecule has 2 aromatic rings. The van der Waals surface area contributed by atoms with Crippen molar-refractivity contribution in [3.63, 3.8) is 0 Å². The van der Waals surface area contributed by atoms with Gasteiger partial charge in [0.05, 0.1) is 0 Å². The van der Waals surface area contributed by atoms with Crippen LogP contribution in [0.3, 0.4) is 0 Å². The number of hydrogen-bond donors (Lipinski definition) is 2. The number of nitrogens with two attached hydrogens (primary N) is 1. The molecule has 0 aliphatic heterocycles. The first kappa shape index (κ1) is 13.5. The van der Waals surface area contributed by atoms with Crippen molar-refractivity contribution >= 4 is 17.4 Å². The number of carbonyl (C=O) groups excluding carboxylic acids is 2. The van der Waals surface area contributed by atoms with Gasteiger partial charge in [0.15, 0.2) is 0 Å². The smallest absolute Gasteiger partial charge is 0.245 e. The second kappa shape index (κ2) is 5.50. The Morgan fingerprint density at radius 2 is 1.76 bits per heavy atom. The summed E-state index contributed by atoms with van der Waals surface area (Å²) < 4.78 is 0. The van der Waals surface area contributed by atoms with Crippen LogP contribution in [0.1, 0.15) is 22.7 Å². The zero-order valence-corrected chi connectivity index (χ0v) is 11.5. The molecule has 0 heterocycles. The second-order valence-electron chi connectivity index (χ2n) is 5.25. The minimum Gasteiger partial charge on any atom is -0.324 e. The lowest BCUT2D eigenvalue weighted by Crippen LogP contribution is -2.27. The summed E-state index contributed by atoms with van der Waals surface area (Å²) in [5, 5.41) is 2.81. The molecule has 3 N–H and O–H groups in total. The minimum atomic E-state index is -0.707. The van der Waals surface area contributed by atoms with Gasteiger partial charge >= 0.3 is 0 Å². The Morgan fingerprint density at radius 1 is 1.05 bits per heavy atom. The van der Waals surface area contributed by atoms with Crippen LogP contribution in [0.4, 0.5) is 5.69 Å². The van der Waals surface area contributed by atoms with E-state index in [0.29, 0.717) is 18.5 Å². The van der Waals surface area contributed by atoms with Crippen LogP contribution in [0.5, 0.6) is 0 Å². The summed E-state index contributed by atoms with van der Waals surface area (Å²) in [6.45, 7) is 0. The highest BCUT2D eigenvalue weighted by Crippen LogP contribution is 2.23. The molecule has 0 saturated heterocycles. The average Bonchev–Trinajstić information content (AvgIpc) is 2.86. The van der Waals surface area contributed by atoms with Crippen LogP contribution in [-0.4, -0.2) is 11.7 Å². The topological polar surface area (TPSA) is 72.2 Å². The van der Waals surface area contributed by atoms with Crippen molar-refractivity contribution in [2.24, 2.45) is 5.73 Å². The molecule has 2 aromatic carbocycles. The van der Waals surface area contributed by atoms with E-state index in [9.17, 15) is 9.59 Å². The predicted molar refractivity (Wildman–Crippen MR) is 80.9 cm³/mol. The van der Waals surface area contributed by atoms with Crippen molar-refractivity contribution in [2.45, 2.75) is 18.9 Å². The maximum Gasteiger partial charge on any atom is 0.245 e. The van der Waals surface area contributed by atoms with Crippen molar-refractivity contribution in [3.8, 4) is 0 Å². The summed E-state index contributed by atoms with van der Waals surface area (Å²) in [5.41, 5.74) is 9.44. The number of hydrogen-bond acceptors (Lipinski definition) is 3. The average molecular weight is 280 g/mol. The van der Waals surface area contributed by atoms with Crippen molar-refractivity contribution in [3.05, 3.63) is 65.2 Å². The number of anilines is 1. The summed E-state index contributed by atoms with van der Waals surface area (Å²) in [7, 11) is 0. The third kappa shape index (κ3) is 2.85. The highest BCUT2D eigenvalue weighted by Gasteiger charge is 2.20. The summed E-state index contributed by atoms with van der Waals surface area (Å²) in [5.74, 6) is -0.0417. The van der Waals surface area contributed by atoms with Crippen LogP contribution in [0.2, 0.25) is 0 Å². The van der Waals surface area contributed by atoms with Gasteiger partial charge < -0.3 is 11.1 Å². The number of rotatable bonds is 3. The Kier molecular flexibility index (Phi) is 3.54. The highest BCUT2D eigenvalue weighted by atomic mass is 16.2. The van der Waals surface area contributed by atoms with Gasteiger partial charge in [-0.1, -0.05) is 36.4 Å². The number of benzene rings is 2. The van der Waals surface area contributed by atoms with Gasteiger partial charge in [-0.25, -0.2) is 0 Å². The lowest BCUT2D eigenvalue weighted by atomic mass is 10.1. The van der Waals surface area contributed by atoms with Crippen LogP contribution in [-0.2, 0) is 22.4 Å². The molecule has 4 heteroatoms. The van der Waals surface area contributed by atoms with E-state index < -0.39 is 6.04 Å². The Morgan fingerprint density at radius 3 is 2.52 bits per heavy atom. The highest BCUT2D eigenvalue weighted by molar-refractivity contribution is 5.96. The van der Waals surface area contributed by atoms with Gasteiger partial charge in [0.1, 0.15) is 11.8 Å². The molecule has 1 aliphatic carbocycles. The molecule has 0 aromatic heterocycles. The van der Waals surface area contributed by atoms with Crippen LogP contribution >= 0.6 is 0 Å². The molecule has 3 rings (SSSR count). The summed E-state index contributed by atoms with van der Waals surface area (Å²) in [6.07, 6.45) is 0.941.